The van der Waals surface area contributed by atoms with E-state index in [1.807, 2.05) is 0 Å². The molecule has 4 N–H and O–H groups in total. The van der Waals surface area contributed by atoms with Gasteiger partial charge in [0.25, 0.3) is 0 Å². The van der Waals surface area contributed by atoms with Crippen molar-refractivity contribution in [1.82, 2.24) is 5.32 Å². The number of carbonyl (C=O) groups is 1. The topological polar surface area (TPSA) is 148 Å². The summed E-state index contributed by atoms with van der Waals surface area (Å²) in [6.07, 6.45) is -3.83. The first-order valence-electron chi connectivity index (χ1n) is 4.95. The molecule has 1 heterocycles. The summed E-state index contributed by atoms with van der Waals surface area (Å²) in [5.41, 5.74) is 8.34. The lowest BCUT2D eigenvalue weighted by atomic mass is 9.95. The van der Waals surface area contributed by atoms with Crippen LogP contribution in [0.15, 0.2) is 5.11 Å². The Balaban J connectivity index is 2.88. The molecule has 1 rings (SSSR count). The molecule has 9 heteroatoms. The molecular weight excluding hydrogens is 232 g/mol. The summed E-state index contributed by atoms with van der Waals surface area (Å²) in [5, 5.41) is 33.9. The fourth-order valence-electron chi connectivity index (χ4n) is 1.69. The molecule has 1 amide bonds. The molecule has 0 aromatic rings. The summed E-state index contributed by atoms with van der Waals surface area (Å²) < 4.78 is 4.95. The Morgan fingerprint density at radius 2 is 2.24 bits per heavy atom. The van der Waals surface area contributed by atoms with Gasteiger partial charge in [0, 0.05) is 11.8 Å². The third-order valence-electron chi connectivity index (χ3n) is 2.46. The predicted molar refractivity (Wildman–Crippen MR) is 54.5 cm³/mol. The summed E-state index contributed by atoms with van der Waals surface area (Å²) in [4.78, 5) is 13.4. The Bertz CT molecular complexity index is 332. The number of aliphatic hydroxyl groups is 3. The average Bonchev–Trinajstić information content (AvgIpc) is 2.27. The second kappa shape index (κ2) is 5.80. The van der Waals surface area contributed by atoms with Gasteiger partial charge in [-0.25, -0.2) is 0 Å². The smallest absolute Gasteiger partial charge is 0.217 e. The van der Waals surface area contributed by atoms with E-state index in [4.69, 9.17) is 15.4 Å². The molecule has 0 aromatic carbocycles. The van der Waals surface area contributed by atoms with Crippen molar-refractivity contribution in [2.45, 2.75) is 37.5 Å². The van der Waals surface area contributed by atoms with E-state index in [0.29, 0.717) is 0 Å². The van der Waals surface area contributed by atoms with Crippen molar-refractivity contribution >= 4 is 5.91 Å². The molecule has 1 fully saturated rings. The number of nitrogens with one attached hydrogen (secondary N) is 1. The van der Waals surface area contributed by atoms with Crippen LogP contribution in [-0.4, -0.2) is 58.4 Å². The van der Waals surface area contributed by atoms with E-state index in [1.54, 1.807) is 0 Å². The van der Waals surface area contributed by atoms with E-state index in [0.717, 1.165) is 0 Å². The zero-order valence-electron chi connectivity index (χ0n) is 9.09. The van der Waals surface area contributed by atoms with Crippen molar-refractivity contribution < 1.29 is 24.9 Å². The fourth-order valence-corrected chi connectivity index (χ4v) is 1.69. The number of rotatable bonds is 3. The normalized spacial score (nSPS) is 37.1. The standard InChI is InChI=1S/C8H14N4O5/c1-3(14)10-6-7(15)5(11-12-9)4(2-13)17-8(6)16/h4-8,13,15-16H,2H2,1H3,(H,10,14)/t4?,5-,6?,7+,8-/m1/s1. The van der Waals surface area contributed by atoms with Gasteiger partial charge in [0.2, 0.25) is 5.91 Å². The van der Waals surface area contributed by atoms with Crippen LogP contribution in [0.1, 0.15) is 6.92 Å². The van der Waals surface area contributed by atoms with Crippen LogP contribution in [0.25, 0.3) is 10.4 Å². The number of hydrogen-bond donors (Lipinski definition) is 4. The van der Waals surface area contributed by atoms with Gasteiger partial charge in [-0.2, -0.15) is 0 Å². The molecule has 0 radical (unpaired) electrons. The molecule has 0 aromatic heterocycles. The van der Waals surface area contributed by atoms with Gasteiger partial charge < -0.3 is 25.4 Å². The van der Waals surface area contributed by atoms with Gasteiger partial charge in [-0.1, -0.05) is 5.11 Å². The maximum atomic E-state index is 10.9. The fraction of sp³-hybridized carbons (Fsp3) is 0.875. The van der Waals surface area contributed by atoms with E-state index in [9.17, 15) is 15.0 Å². The summed E-state index contributed by atoms with van der Waals surface area (Å²) >= 11 is 0. The Morgan fingerprint density at radius 3 is 2.71 bits per heavy atom. The number of amides is 1. The molecule has 0 saturated carbocycles. The van der Waals surface area contributed by atoms with E-state index in [2.05, 4.69) is 15.3 Å². The minimum Gasteiger partial charge on any atom is -0.394 e. The van der Waals surface area contributed by atoms with Gasteiger partial charge in [0.05, 0.1) is 24.9 Å². The average molecular weight is 246 g/mol. The first-order valence-corrected chi connectivity index (χ1v) is 4.95. The molecule has 0 spiro atoms. The van der Waals surface area contributed by atoms with Crippen molar-refractivity contribution in [3.8, 4) is 0 Å². The highest BCUT2D eigenvalue weighted by Gasteiger charge is 2.44. The zero-order valence-corrected chi connectivity index (χ0v) is 9.09. The van der Waals surface area contributed by atoms with Crippen LogP contribution in [0.5, 0.6) is 0 Å². The summed E-state index contributed by atoms with van der Waals surface area (Å²) in [6.45, 7) is 0.685. The number of hydrogen-bond acceptors (Lipinski definition) is 6. The Labute approximate surface area is 96.6 Å². The summed E-state index contributed by atoms with van der Waals surface area (Å²) in [6, 6.07) is -2.18. The van der Waals surface area contributed by atoms with E-state index >= 15 is 0 Å². The lowest BCUT2D eigenvalue weighted by molar-refractivity contribution is -0.221. The first-order chi connectivity index (χ1) is 8.01. The molecule has 17 heavy (non-hydrogen) atoms. The van der Waals surface area contributed by atoms with E-state index in [1.165, 1.54) is 6.92 Å². The van der Waals surface area contributed by atoms with Gasteiger partial charge in [0.15, 0.2) is 6.29 Å². The number of aliphatic hydroxyl groups excluding tert-OH is 3. The molecule has 1 aliphatic heterocycles. The van der Waals surface area contributed by atoms with Crippen molar-refractivity contribution in [3.05, 3.63) is 10.4 Å². The Hall–Kier alpha value is -1.38. The highest BCUT2D eigenvalue weighted by Crippen LogP contribution is 2.22. The third kappa shape index (κ3) is 3.05. The van der Waals surface area contributed by atoms with E-state index in [-0.39, 0.29) is 0 Å². The monoisotopic (exact) mass is 246 g/mol. The minimum atomic E-state index is -1.48. The van der Waals surface area contributed by atoms with E-state index < -0.39 is 43.1 Å². The molecule has 1 saturated heterocycles. The van der Waals surface area contributed by atoms with Crippen LogP contribution in [0.4, 0.5) is 0 Å². The van der Waals surface area contributed by atoms with Gasteiger partial charge in [-0.05, 0) is 5.53 Å². The zero-order chi connectivity index (χ0) is 13.0. The second-order valence-electron chi connectivity index (χ2n) is 3.66. The van der Waals surface area contributed by atoms with Gasteiger partial charge >= 0.3 is 0 Å². The largest absolute Gasteiger partial charge is 0.394 e. The van der Waals surface area contributed by atoms with Crippen molar-refractivity contribution in [3.63, 3.8) is 0 Å². The Morgan fingerprint density at radius 1 is 1.59 bits per heavy atom. The highest BCUT2D eigenvalue weighted by molar-refractivity contribution is 5.73. The molecule has 2 unspecified atom stereocenters. The van der Waals surface area contributed by atoms with Crippen molar-refractivity contribution in [1.29, 1.82) is 0 Å². The SMILES string of the molecule is CC(=O)NC1[C@H](O)OC(CO)[C@@H](N=[N+]=[N-])[C@@H]1O. The maximum Gasteiger partial charge on any atom is 0.217 e. The second-order valence-corrected chi connectivity index (χ2v) is 3.66. The molecule has 0 bridgehead atoms. The van der Waals surface area contributed by atoms with Gasteiger partial charge in [-0.3, -0.25) is 4.79 Å². The maximum absolute atomic E-state index is 10.9. The summed E-state index contributed by atoms with van der Waals surface area (Å²) in [7, 11) is 0. The van der Waals surface area contributed by atoms with Crippen LogP contribution in [0.2, 0.25) is 0 Å². The molecular formula is C8H14N4O5. The molecule has 5 atom stereocenters. The van der Waals surface area contributed by atoms with Crippen LogP contribution in [-0.2, 0) is 9.53 Å². The third-order valence-corrected chi connectivity index (χ3v) is 2.46. The van der Waals surface area contributed by atoms with Crippen LogP contribution < -0.4 is 5.32 Å². The number of carbonyl (C=O) groups excluding carboxylic acids is 1. The van der Waals surface area contributed by atoms with Crippen LogP contribution in [0.3, 0.4) is 0 Å². The molecule has 96 valence electrons. The van der Waals surface area contributed by atoms with Crippen LogP contribution in [0, 0.1) is 0 Å². The number of azide groups is 1. The first kappa shape index (κ1) is 13.7. The quantitative estimate of drug-likeness (QED) is 0.264. The predicted octanol–water partition coefficient (Wildman–Crippen LogP) is -1.76. The van der Waals surface area contributed by atoms with Gasteiger partial charge in [-0.15, -0.1) is 0 Å². The minimum absolute atomic E-state index is 0.473. The molecule has 0 aliphatic carbocycles. The van der Waals surface area contributed by atoms with Crippen LogP contribution >= 0.6 is 0 Å². The highest BCUT2D eigenvalue weighted by atomic mass is 16.6. The van der Waals surface area contributed by atoms with Crippen molar-refractivity contribution in [2.24, 2.45) is 5.11 Å². The van der Waals surface area contributed by atoms with Gasteiger partial charge in [0.1, 0.15) is 6.04 Å². The van der Waals surface area contributed by atoms with Crippen molar-refractivity contribution in [2.75, 3.05) is 6.61 Å². The molecule has 9 nitrogen and oxygen atoms in total. The lowest BCUT2D eigenvalue weighted by Gasteiger charge is -2.40. The lowest BCUT2D eigenvalue weighted by Crippen LogP contribution is -2.63. The summed E-state index contributed by atoms with van der Waals surface area (Å²) in [5.74, 6) is -0.473. The number of nitrogens with zero attached hydrogens (tertiary/aromatic N) is 3. The molecule has 1 aliphatic rings. The Kier molecular flexibility index (Phi) is 4.67. The number of ether oxygens (including phenoxy) is 1.